The van der Waals surface area contributed by atoms with E-state index < -0.39 is 0 Å². The molecule has 5 heteroatoms. The van der Waals surface area contributed by atoms with E-state index in [0.29, 0.717) is 6.61 Å². The Morgan fingerprint density at radius 2 is 1.31 bits per heavy atom. The second-order valence-electron chi connectivity index (χ2n) is 9.19. The summed E-state index contributed by atoms with van der Waals surface area (Å²) in [5.41, 5.74) is 4.57. The van der Waals surface area contributed by atoms with E-state index in [9.17, 15) is 0 Å². The van der Waals surface area contributed by atoms with Crippen LogP contribution in [0.4, 0.5) is 0 Å². The minimum absolute atomic E-state index is 0.675. The third-order valence-electron chi connectivity index (χ3n) is 5.68. The summed E-state index contributed by atoms with van der Waals surface area (Å²) < 4.78 is 12.0. The molecule has 2 aromatic rings. The molecule has 5 nitrogen and oxygen atoms in total. The molecule has 0 spiro atoms. The Kier molecular flexibility index (Phi) is 11.0. The Hall–Kier alpha value is -2.08. The molecule has 0 amide bonds. The van der Waals surface area contributed by atoms with Gasteiger partial charge < -0.3 is 19.3 Å². The maximum atomic E-state index is 6.37. The fourth-order valence-electron chi connectivity index (χ4n) is 3.80. The number of hydrogen-bond acceptors (Lipinski definition) is 5. The topological polar surface area (TPSA) is 28.2 Å². The van der Waals surface area contributed by atoms with Crippen LogP contribution in [0, 0.1) is 13.8 Å². The lowest BCUT2D eigenvalue weighted by atomic mass is 10.0. The van der Waals surface area contributed by atoms with E-state index in [4.69, 9.17) is 9.47 Å². The normalized spacial score (nSPS) is 11.6. The molecule has 178 valence electrons. The average molecular weight is 442 g/mol. The number of rotatable bonds is 14. The van der Waals surface area contributed by atoms with Crippen molar-refractivity contribution in [3.8, 4) is 22.6 Å². The fourth-order valence-corrected chi connectivity index (χ4v) is 3.80. The summed E-state index contributed by atoms with van der Waals surface area (Å²) in [6.07, 6.45) is 2.34. The lowest BCUT2D eigenvalue weighted by Crippen LogP contribution is -2.33. The van der Waals surface area contributed by atoms with Crippen molar-refractivity contribution in [3.05, 3.63) is 47.5 Å². The van der Waals surface area contributed by atoms with Gasteiger partial charge in [0, 0.05) is 12.1 Å². The Balaban J connectivity index is 2.08. The molecule has 2 rings (SSSR count). The van der Waals surface area contributed by atoms with Crippen molar-refractivity contribution in [1.29, 1.82) is 0 Å². The van der Waals surface area contributed by atoms with Crippen LogP contribution in [-0.2, 0) is 0 Å². The average Bonchev–Trinajstić information content (AvgIpc) is 2.74. The van der Waals surface area contributed by atoms with Crippen molar-refractivity contribution < 1.29 is 9.47 Å². The zero-order chi connectivity index (χ0) is 23.5. The van der Waals surface area contributed by atoms with Crippen molar-refractivity contribution in [1.82, 2.24) is 14.7 Å². The van der Waals surface area contributed by atoms with Crippen LogP contribution in [0.5, 0.6) is 11.5 Å². The van der Waals surface area contributed by atoms with Crippen LogP contribution in [0.25, 0.3) is 11.1 Å². The lowest BCUT2D eigenvalue weighted by Gasteiger charge is -2.24. The number of nitrogens with zero attached hydrogens (tertiary/aromatic N) is 3. The Bertz CT molecular complexity index is 789. The molecule has 0 aliphatic rings. The van der Waals surface area contributed by atoms with Crippen molar-refractivity contribution in [2.45, 2.75) is 26.7 Å². The SMILES string of the molecule is COc1cc(-c2ccc(C)cc2)c(OCCN(CCCN(C)C)CCCN(C)C)cc1C. The summed E-state index contributed by atoms with van der Waals surface area (Å²) in [5.74, 6) is 1.82. The fraction of sp³-hybridized carbons (Fsp3) is 0.556. The molecular weight excluding hydrogens is 398 g/mol. The van der Waals surface area contributed by atoms with Gasteiger partial charge in [0.25, 0.3) is 0 Å². The first-order valence-corrected chi connectivity index (χ1v) is 11.7. The van der Waals surface area contributed by atoms with Crippen LogP contribution in [-0.4, -0.2) is 89.3 Å². The highest BCUT2D eigenvalue weighted by molar-refractivity contribution is 5.73. The Morgan fingerprint density at radius 1 is 0.719 bits per heavy atom. The van der Waals surface area contributed by atoms with Gasteiger partial charge in [0.15, 0.2) is 0 Å². The highest BCUT2D eigenvalue weighted by atomic mass is 16.5. The lowest BCUT2D eigenvalue weighted by molar-refractivity contribution is 0.194. The van der Waals surface area contributed by atoms with Crippen molar-refractivity contribution in [2.24, 2.45) is 0 Å². The number of benzene rings is 2. The minimum atomic E-state index is 0.675. The molecule has 0 aromatic heterocycles. The van der Waals surface area contributed by atoms with Crippen LogP contribution in [0.3, 0.4) is 0 Å². The molecule has 0 radical (unpaired) electrons. The van der Waals surface area contributed by atoms with Crippen LogP contribution >= 0.6 is 0 Å². The molecule has 0 aliphatic carbocycles. The smallest absolute Gasteiger partial charge is 0.127 e. The van der Waals surface area contributed by atoms with Gasteiger partial charge in [-0.25, -0.2) is 0 Å². The molecule has 32 heavy (non-hydrogen) atoms. The molecule has 0 saturated heterocycles. The van der Waals surface area contributed by atoms with Gasteiger partial charge in [0.05, 0.1) is 7.11 Å². The predicted molar refractivity (Wildman–Crippen MR) is 136 cm³/mol. The van der Waals surface area contributed by atoms with E-state index in [1.165, 1.54) is 18.4 Å². The largest absolute Gasteiger partial charge is 0.496 e. The summed E-state index contributed by atoms with van der Waals surface area (Å²) in [6.45, 7) is 10.2. The molecule has 0 N–H and O–H groups in total. The Morgan fingerprint density at radius 3 is 1.84 bits per heavy atom. The van der Waals surface area contributed by atoms with Crippen LogP contribution < -0.4 is 9.47 Å². The van der Waals surface area contributed by atoms with Gasteiger partial charge in [-0.3, -0.25) is 4.90 Å². The van der Waals surface area contributed by atoms with Crippen LogP contribution in [0.1, 0.15) is 24.0 Å². The van der Waals surface area contributed by atoms with E-state index >= 15 is 0 Å². The number of ether oxygens (including phenoxy) is 2. The van der Waals surface area contributed by atoms with E-state index in [-0.39, 0.29) is 0 Å². The number of aryl methyl sites for hydroxylation is 2. The first-order chi connectivity index (χ1) is 15.3. The predicted octanol–water partition coefficient (Wildman–Crippen LogP) is 4.56. The third-order valence-corrected chi connectivity index (χ3v) is 5.68. The van der Waals surface area contributed by atoms with Gasteiger partial charge in [-0.05, 0) is 104 Å². The highest BCUT2D eigenvalue weighted by Gasteiger charge is 2.13. The summed E-state index contributed by atoms with van der Waals surface area (Å²) in [6, 6.07) is 12.8. The molecule has 0 fully saturated rings. The summed E-state index contributed by atoms with van der Waals surface area (Å²) in [4.78, 5) is 7.04. The van der Waals surface area contributed by atoms with Gasteiger partial charge in [-0.2, -0.15) is 0 Å². The zero-order valence-electron chi connectivity index (χ0n) is 21.3. The molecule has 0 heterocycles. The zero-order valence-corrected chi connectivity index (χ0v) is 21.3. The Labute approximate surface area is 195 Å². The molecule has 0 atom stereocenters. The number of hydrogen-bond donors (Lipinski definition) is 0. The summed E-state index contributed by atoms with van der Waals surface area (Å²) in [5, 5.41) is 0. The van der Waals surface area contributed by atoms with E-state index in [1.54, 1.807) is 7.11 Å². The van der Waals surface area contributed by atoms with Gasteiger partial charge in [0.1, 0.15) is 18.1 Å². The van der Waals surface area contributed by atoms with E-state index in [2.05, 4.69) is 93.1 Å². The minimum Gasteiger partial charge on any atom is -0.496 e. The van der Waals surface area contributed by atoms with Crippen LogP contribution in [0.15, 0.2) is 36.4 Å². The summed E-state index contributed by atoms with van der Waals surface area (Å²) >= 11 is 0. The first-order valence-electron chi connectivity index (χ1n) is 11.7. The van der Waals surface area contributed by atoms with E-state index in [1.807, 2.05) is 0 Å². The molecule has 0 unspecified atom stereocenters. The molecule has 2 aromatic carbocycles. The molecule has 0 bridgehead atoms. The number of methoxy groups -OCH3 is 1. The van der Waals surface area contributed by atoms with Crippen molar-refractivity contribution in [3.63, 3.8) is 0 Å². The second kappa shape index (κ2) is 13.5. The van der Waals surface area contributed by atoms with Gasteiger partial charge in [-0.1, -0.05) is 29.8 Å². The van der Waals surface area contributed by atoms with Crippen LogP contribution in [0.2, 0.25) is 0 Å². The van der Waals surface area contributed by atoms with Gasteiger partial charge in [-0.15, -0.1) is 0 Å². The van der Waals surface area contributed by atoms with E-state index in [0.717, 1.165) is 60.9 Å². The highest BCUT2D eigenvalue weighted by Crippen LogP contribution is 2.36. The summed E-state index contributed by atoms with van der Waals surface area (Å²) in [7, 11) is 10.3. The molecule has 0 aliphatic heterocycles. The molecular formula is C27H43N3O2. The second-order valence-corrected chi connectivity index (χ2v) is 9.19. The third kappa shape index (κ3) is 8.81. The maximum Gasteiger partial charge on any atom is 0.127 e. The maximum absolute atomic E-state index is 6.37. The molecule has 0 saturated carbocycles. The van der Waals surface area contributed by atoms with Crippen molar-refractivity contribution >= 4 is 0 Å². The quantitative estimate of drug-likeness (QED) is 0.428. The van der Waals surface area contributed by atoms with Gasteiger partial charge >= 0.3 is 0 Å². The first kappa shape index (κ1) is 26.2. The van der Waals surface area contributed by atoms with Gasteiger partial charge in [0.2, 0.25) is 0 Å². The van der Waals surface area contributed by atoms with Crippen molar-refractivity contribution in [2.75, 3.05) is 74.6 Å². The monoisotopic (exact) mass is 441 g/mol. The standard InChI is InChI=1S/C27H43N3O2/c1-22-10-12-24(13-11-22)25-21-26(31-7)23(2)20-27(25)32-19-18-30(16-8-14-28(3)4)17-9-15-29(5)6/h10-13,20-21H,8-9,14-19H2,1-7H3.